The van der Waals surface area contributed by atoms with Crippen LogP contribution in [-0.2, 0) is 62.3 Å². The number of rotatable bonds is 33. The van der Waals surface area contributed by atoms with Gasteiger partial charge in [0.2, 0.25) is 70.9 Å². The standard InChI is InChI=1S/C46H77N19O14/c47-24(6-1-17-55-45(51)52)37(71)57-22-35(69)59-27(7-2-18-56-46(53)54)42(76)64-20-3-8-29(64)40(74)60-25(11-14-32(48)66)38(72)58-23-36(70)63-19-5-10-31(63)43(77)65-21-4-9-30(65)41(75)61-26(12-15-33(49)67)39(73)62-28(44(78)79)13-16-34(50)68/h24-31H,1-23,47H2,(H2,48,66)(H2,49,67)(H2,50,68)(H,57,71)(H,58,72)(H,59,69)(H,60,74)(H,61,75)(H,62,73)(H,78,79)(H4,51,52,55)(H4,53,54,56)/t24-,25-,26-,27-,28-,29-,30-,31-/m0/s1. The number of amides is 12. The number of carbonyl (C=O) groups excluding carboxylic acids is 12. The lowest BCUT2D eigenvalue weighted by Crippen LogP contribution is -2.58. The molecule has 33 heteroatoms. The highest BCUT2D eigenvalue weighted by atomic mass is 16.4. The number of carboxylic acids is 1. The van der Waals surface area contributed by atoms with Crippen LogP contribution in [0.15, 0.2) is 9.98 Å². The largest absolute Gasteiger partial charge is 0.480 e. The summed E-state index contributed by atoms with van der Waals surface area (Å²) in [6.45, 7) is -0.684. The first kappa shape index (κ1) is 64.9. The van der Waals surface area contributed by atoms with Crippen LogP contribution in [0.2, 0.25) is 0 Å². The van der Waals surface area contributed by atoms with E-state index in [9.17, 15) is 67.4 Å². The van der Waals surface area contributed by atoms with Gasteiger partial charge in [0.05, 0.1) is 19.1 Å². The molecule has 8 atom stereocenters. The van der Waals surface area contributed by atoms with Crippen molar-refractivity contribution in [2.24, 2.45) is 55.9 Å². The van der Waals surface area contributed by atoms with Gasteiger partial charge in [-0.25, -0.2) is 4.79 Å². The fourth-order valence-corrected chi connectivity index (χ4v) is 9.13. The maximum absolute atomic E-state index is 14.1. The van der Waals surface area contributed by atoms with E-state index in [0.29, 0.717) is 25.7 Å². The molecule has 0 radical (unpaired) electrons. The fraction of sp³-hybridized carbons (Fsp3) is 0.674. The molecule has 0 bridgehead atoms. The van der Waals surface area contributed by atoms with E-state index < -0.39 is 138 Å². The Bertz CT molecular complexity index is 2310. The lowest BCUT2D eigenvalue weighted by molar-refractivity contribution is -0.147. The van der Waals surface area contributed by atoms with Crippen molar-refractivity contribution < 1.29 is 67.4 Å². The molecule has 3 rings (SSSR count). The molecule has 440 valence electrons. The number of hydrogen-bond acceptors (Lipinski definition) is 16. The summed E-state index contributed by atoms with van der Waals surface area (Å²) in [7, 11) is 0. The van der Waals surface area contributed by atoms with Gasteiger partial charge in [-0.1, -0.05) is 0 Å². The van der Waals surface area contributed by atoms with Crippen LogP contribution in [0.5, 0.6) is 0 Å². The van der Waals surface area contributed by atoms with Gasteiger partial charge in [-0.3, -0.25) is 67.5 Å². The van der Waals surface area contributed by atoms with Gasteiger partial charge in [-0.05, 0) is 83.5 Å². The minimum absolute atomic E-state index is 0.000301. The van der Waals surface area contributed by atoms with E-state index in [1.54, 1.807) is 0 Å². The van der Waals surface area contributed by atoms with Crippen molar-refractivity contribution in [2.75, 3.05) is 45.8 Å². The average Bonchev–Trinajstić information content (AvgIpc) is 4.27. The number of guanidine groups is 2. The first-order chi connectivity index (χ1) is 37.3. The zero-order valence-corrected chi connectivity index (χ0v) is 44.0. The Hall–Kier alpha value is -8.39. The van der Waals surface area contributed by atoms with Gasteiger partial charge in [0.1, 0.15) is 42.3 Å². The zero-order chi connectivity index (χ0) is 58.9. The molecular formula is C46H77N19O14. The van der Waals surface area contributed by atoms with Gasteiger partial charge in [-0.15, -0.1) is 0 Å². The Labute approximate surface area is 454 Å². The third kappa shape index (κ3) is 21.9. The van der Waals surface area contributed by atoms with Gasteiger partial charge in [0.15, 0.2) is 11.9 Å². The third-order valence-corrected chi connectivity index (χ3v) is 13.2. The summed E-state index contributed by atoms with van der Waals surface area (Å²) in [5.74, 6) is -11.2. The van der Waals surface area contributed by atoms with Crippen molar-refractivity contribution in [1.29, 1.82) is 0 Å². The molecule has 12 amide bonds. The molecule has 3 fully saturated rings. The summed E-state index contributed by atoms with van der Waals surface area (Å²) < 4.78 is 0. The molecule has 3 saturated heterocycles. The van der Waals surface area contributed by atoms with Crippen molar-refractivity contribution >= 4 is 88.8 Å². The fourth-order valence-electron chi connectivity index (χ4n) is 9.13. The van der Waals surface area contributed by atoms with E-state index in [4.69, 9.17) is 45.9 Å². The normalized spacial score (nSPS) is 18.5. The number of carboxylic acid groups (broad SMARTS) is 1. The number of nitrogens with one attached hydrogen (secondary N) is 6. The zero-order valence-electron chi connectivity index (χ0n) is 44.0. The summed E-state index contributed by atoms with van der Waals surface area (Å²) in [4.78, 5) is 180. The molecule has 0 aliphatic carbocycles. The Morgan fingerprint density at radius 1 is 0.494 bits per heavy atom. The molecule has 0 aromatic rings. The Kier molecular flexibility index (Phi) is 26.6. The molecule has 0 spiro atoms. The molecule has 3 heterocycles. The highest BCUT2D eigenvalue weighted by Gasteiger charge is 2.44. The molecule has 3 aliphatic rings. The molecule has 3 aliphatic heterocycles. The Morgan fingerprint density at radius 2 is 0.949 bits per heavy atom. The van der Waals surface area contributed by atoms with Crippen molar-refractivity contribution in [2.45, 2.75) is 151 Å². The summed E-state index contributed by atoms with van der Waals surface area (Å²) >= 11 is 0. The summed E-state index contributed by atoms with van der Waals surface area (Å²) in [5, 5.41) is 24.3. The van der Waals surface area contributed by atoms with Crippen LogP contribution in [0.3, 0.4) is 0 Å². The number of hydrogen-bond donors (Lipinski definition) is 15. The number of likely N-dealkylation sites (tertiary alicyclic amines) is 3. The van der Waals surface area contributed by atoms with E-state index in [1.165, 1.54) is 14.7 Å². The first-order valence-electron chi connectivity index (χ1n) is 25.9. The molecule has 79 heavy (non-hydrogen) atoms. The minimum Gasteiger partial charge on any atom is -0.480 e. The lowest BCUT2D eigenvalue weighted by Gasteiger charge is -2.32. The first-order valence-corrected chi connectivity index (χ1v) is 25.9. The topological polar surface area (TPSA) is 557 Å². The molecule has 33 nitrogen and oxygen atoms in total. The third-order valence-electron chi connectivity index (χ3n) is 13.2. The van der Waals surface area contributed by atoms with Crippen LogP contribution >= 0.6 is 0 Å². The summed E-state index contributed by atoms with van der Waals surface area (Å²) in [6, 6.07) is -10.1. The van der Waals surface area contributed by atoms with Gasteiger partial charge in [0.25, 0.3) is 0 Å². The SMILES string of the molecule is NC(=O)CC[C@H](NC(=O)[C@H](CCC(N)=O)NC(=O)[C@@H]1CCCN1C(=O)[C@@H]1CCCN1C(=O)CNC(=O)[C@H](CCC(N)=O)NC(=O)[C@@H]1CCCN1C(=O)[C@H](CCCN=C(N)N)NC(=O)CNC(=O)[C@@H](N)CCCN=C(N)N)C(=O)O. The predicted octanol–water partition coefficient (Wildman–Crippen LogP) is -8.55. The van der Waals surface area contributed by atoms with E-state index in [0.717, 1.165) is 0 Å². The molecule has 0 unspecified atom stereocenters. The van der Waals surface area contributed by atoms with Gasteiger partial charge < -0.3 is 97.6 Å². The van der Waals surface area contributed by atoms with Crippen molar-refractivity contribution in [3.05, 3.63) is 0 Å². The molecule has 23 N–H and O–H groups in total. The Balaban J connectivity index is 1.69. The number of nitrogens with zero attached hydrogens (tertiary/aromatic N) is 5. The highest BCUT2D eigenvalue weighted by Crippen LogP contribution is 2.26. The van der Waals surface area contributed by atoms with Crippen molar-refractivity contribution in [3.8, 4) is 0 Å². The smallest absolute Gasteiger partial charge is 0.326 e. The van der Waals surface area contributed by atoms with Crippen LogP contribution < -0.4 is 77.8 Å². The second-order valence-corrected chi connectivity index (χ2v) is 19.2. The molecule has 0 saturated carbocycles. The van der Waals surface area contributed by atoms with Crippen LogP contribution in [0.4, 0.5) is 0 Å². The van der Waals surface area contributed by atoms with Crippen molar-refractivity contribution in [1.82, 2.24) is 46.6 Å². The minimum atomic E-state index is -1.57. The number of aliphatic carboxylic acids is 1. The summed E-state index contributed by atoms with van der Waals surface area (Å²) in [6.07, 6.45) is 0.118. The van der Waals surface area contributed by atoms with Crippen LogP contribution in [-0.4, -0.2) is 203 Å². The van der Waals surface area contributed by atoms with Crippen LogP contribution in [0, 0.1) is 0 Å². The lowest BCUT2D eigenvalue weighted by atomic mass is 10.1. The second kappa shape index (κ2) is 32.4. The number of primary amides is 3. The van der Waals surface area contributed by atoms with E-state index >= 15 is 0 Å². The summed E-state index contributed by atoms with van der Waals surface area (Å²) in [5.41, 5.74) is 43.2. The molecule has 0 aromatic heterocycles. The Morgan fingerprint density at radius 3 is 1.47 bits per heavy atom. The van der Waals surface area contributed by atoms with E-state index in [1.807, 2.05) is 0 Å². The van der Waals surface area contributed by atoms with Gasteiger partial charge in [-0.2, -0.15) is 0 Å². The van der Waals surface area contributed by atoms with E-state index in [-0.39, 0.29) is 122 Å². The van der Waals surface area contributed by atoms with Crippen LogP contribution in [0.25, 0.3) is 0 Å². The number of nitrogens with two attached hydrogens (primary N) is 8. The predicted molar refractivity (Wildman–Crippen MR) is 279 cm³/mol. The average molecular weight is 1120 g/mol. The second-order valence-electron chi connectivity index (χ2n) is 19.2. The monoisotopic (exact) mass is 1120 g/mol. The quantitative estimate of drug-likeness (QED) is 0.0165. The van der Waals surface area contributed by atoms with Crippen LogP contribution in [0.1, 0.15) is 103 Å². The number of carbonyl (C=O) groups is 13. The van der Waals surface area contributed by atoms with Gasteiger partial charge >= 0.3 is 5.97 Å². The molecule has 0 aromatic carbocycles. The van der Waals surface area contributed by atoms with E-state index in [2.05, 4.69) is 41.9 Å². The highest BCUT2D eigenvalue weighted by molar-refractivity contribution is 5.98. The maximum Gasteiger partial charge on any atom is 0.326 e. The van der Waals surface area contributed by atoms with Crippen molar-refractivity contribution in [3.63, 3.8) is 0 Å². The maximum atomic E-state index is 14.1. The molecular weight excluding hydrogens is 1040 g/mol. The number of aliphatic imine (C=N–C) groups is 2. The van der Waals surface area contributed by atoms with Gasteiger partial charge in [0, 0.05) is 52.0 Å².